The molecule has 0 aliphatic carbocycles. The smallest absolute Gasteiger partial charge is 0.295 e. The SMILES string of the molecule is Cc1cc(C)cc(Cn2cc(S(N)(=O)=O)c(=O)[nH]c2=O)c1. The molecule has 0 amide bonds. The van der Waals surface area contributed by atoms with Crippen LogP contribution in [0.2, 0.25) is 0 Å². The van der Waals surface area contributed by atoms with Gasteiger partial charge in [0.05, 0.1) is 6.54 Å². The Labute approximate surface area is 121 Å². The highest BCUT2D eigenvalue weighted by atomic mass is 32.2. The maximum Gasteiger partial charge on any atom is 0.328 e. The third-order valence-corrected chi connectivity index (χ3v) is 3.82. The van der Waals surface area contributed by atoms with Gasteiger partial charge in [0.1, 0.15) is 0 Å². The minimum Gasteiger partial charge on any atom is -0.295 e. The molecule has 0 unspecified atom stereocenters. The number of hydrogen-bond donors (Lipinski definition) is 2. The first-order chi connectivity index (χ1) is 9.66. The molecule has 1 heterocycles. The molecule has 112 valence electrons. The zero-order valence-corrected chi connectivity index (χ0v) is 12.4. The lowest BCUT2D eigenvalue weighted by Crippen LogP contribution is -2.34. The van der Waals surface area contributed by atoms with Gasteiger partial charge in [0, 0.05) is 6.20 Å². The van der Waals surface area contributed by atoms with Crippen LogP contribution < -0.4 is 16.4 Å². The van der Waals surface area contributed by atoms with Gasteiger partial charge in [0.15, 0.2) is 4.90 Å². The number of nitrogens with zero attached hydrogens (tertiary/aromatic N) is 1. The van der Waals surface area contributed by atoms with Crippen molar-refractivity contribution in [3.05, 3.63) is 61.9 Å². The Morgan fingerprint density at radius 2 is 1.71 bits per heavy atom. The van der Waals surface area contributed by atoms with E-state index in [1.54, 1.807) is 0 Å². The van der Waals surface area contributed by atoms with Crippen molar-refractivity contribution in [3.8, 4) is 0 Å². The van der Waals surface area contributed by atoms with E-state index in [2.05, 4.69) is 0 Å². The number of rotatable bonds is 3. The number of primary sulfonamides is 1. The van der Waals surface area contributed by atoms with Crippen LogP contribution in [0.1, 0.15) is 16.7 Å². The standard InChI is InChI=1S/C13H15N3O4S/c1-8-3-9(2)5-10(4-8)6-16-7-11(21(14,19)20)12(17)15-13(16)18/h3-5,7H,6H2,1-2H3,(H2,14,19,20)(H,15,17,18). The summed E-state index contributed by atoms with van der Waals surface area (Å²) in [5.74, 6) is 0. The lowest BCUT2D eigenvalue weighted by molar-refractivity contribution is 0.591. The summed E-state index contributed by atoms with van der Waals surface area (Å²) >= 11 is 0. The van der Waals surface area contributed by atoms with Crippen LogP contribution in [0.5, 0.6) is 0 Å². The highest BCUT2D eigenvalue weighted by molar-refractivity contribution is 7.89. The molecule has 2 aromatic rings. The molecule has 0 radical (unpaired) electrons. The van der Waals surface area contributed by atoms with E-state index >= 15 is 0 Å². The molecule has 2 rings (SSSR count). The number of H-pyrrole nitrogens is 1. The fourth-order valence-electron chi connectivity index (χ4n) is 2.17. The average molecular weight is 309 g/mol. The monoisotopic (exact) mass is 309 g/mol. The van der Waals surface area contributed by atoms with Crippen LogP contribution in [0.15, 0.2) is 38.9 Å². The van der Waals surface area contributed by atoms with Crippen molar-refractivity contribution in [2.24, 2.45) is 5.14 Å². The number of aromatic nitrogens is 2. The summed E-state index contributed by atoms with van der Waals surface area (Å²) < 4.78 is 23.7. The predicted molar refractivity (Wildman–Crippen MR) is 77.7 cm³/mol. The van der Waals surface area contributed by atoms with E-state index in [1.165, 1.54) is 0 Å². The van der Waals surface area contributed by atoms with Crippen molar-refractivity contribution in [1.29, 1.82) is 0 Å². The van der Waals surface area contributed by atoms with Crippen LogP contribution in [0.25, 0.3) is 0 Å². The van der Waals surface area contributed by atoms with Crippen LogP contribution in [0.3, 0.4) is 0 Å². The first kappa shape index (κ1) is 15.2. The van der Waals surface area contributed by atoms with Crippen LogP contribution in [0, 0.1) is 13.8 Å². The van der Waals surface area contributed by atoms with Gasteiger partial charge in [-0.2, -0.15) is 0 Å². The number of hydrogen-bond acceptors (Lipinski definition) is 4. The molecule has 0 saturated heterocycles. The molecule has 7 nitrogen and oxygen atoms in total. The van der Waals surface area contributed by atoms with Crippen molar-refractivity contribution >= 4 is 10.0 Å². The second-order valence-electron chi connectivity index (χ2n) is 4.92. The quantitative estimate of drug-likeness (QED) is 0.820. The Hall–Kier alpha value is -2.19. The molecule has 21 heavy (non-hydrogen) atoms. The highest BCUT2D eigenvalue weighted by Gasteiger charge is 2.15. The summed E-state index contributed by atoms with van der Waals surface area (Å²) in [4.78, 5) is 24.6. The first-order valence-corrected chi connectivity index (χ1v) is 7.65. The van der Waals surface area contributed by atoms with Gasteiger partial charge < -0.3 is 0 Å². The van der Waals surface area contributed by atoms with Crippen LogP contribution >= 0.6 is 0 Å². The summed E-state index contributed by atoms with van der Waals surface area (Å²) in [5.41, 5.74) is 1.16. The van der Waals surface area contributed by atoms with Gasteiger partial charge in [-0.3, -0.25) is 14.3 Å². The normalized spacial score (nSPS) is 11.6. The average Bonchev–Trinajstić information content (AvgIpc) is 2.29. The molecule has 3 N–H and O–H groups in total. The minimum absolute atomic E-state index is 0.140. The zero-order valence-electron chi connectivity index (χ0n) is 11.6. The fourth-order valence-corrected chi connectivity index (χ4v) is 2.75. The van der Waals surface area contributed by atoms with Crippen molar-refractivity contribution in [1.82, 2.24) is 9.55 Å². The minimum atomic E-state index is -4.18. The number of aromatic amines is 1. The third-order valence-electron chi connectivity index (χ3n) is 2.92. The molecule has 1 aromatic heterocycles. The van der Waals surface area contributed by atoms with Crippen molar-refractivity contribution in [2.45, 2.75) is 25.3 Å². The van der Waals surface area contributed by atoms with Gasteiger partial charge in [0.25, 0.3) is 5.56 Å². The summed E-state index contributed by atoms with van der Waals surface area (Å²) in [7, 11) is -4.18. The van der Waals surface area contributed by atoms with Crippen molar-refractivity contribution in [2.75, 3.05) is 0 Å². The topological polar surface area (TPSA) is 115 Å². The Balaban J connectivity index is 2.55. The van der Waals surface area contributed by atoms with E-state index in [1.807, 2.05) is 37.0 Å². The maximum atomic E-state index is 11.8. The predicted octanol–water partition coefficient (Wildman–Crippen LogP) is -0.151. The Morgan fingerprint density at radius 1 is 1.14 bits per heavy atom. The second-order valence-corrected chi connectivity index (χ2v) is 6.45. The fraction of sp³-hybridized carbons (Fsp3) is 0.231. The second kappa shape index (κ2) is 5.30. The van der Waals surface area contributed by atoms with E-state index in [9.17, 15) is 18.0 Å². The van der Waals surface area contributed by atoms with Crippen molar-refractivity contribution in [3.63, 3.8) is 0 Å². The van der Waals surface area contributed by atoms with Gasteiger partial charge in [-0.25, -0.2) is 18.4 Å². The number of sulfonamides is 1. The Bertz CT molecular complexity index is 889. The summed E-state index contributed by atoms with van der Waals surface area (Å²) in [6.07, 6.45) is 0.966. The Morgan fingerprint density at radius 3 is 2.24 bits per heavy atom. The molecule has 0 fully saturated rings. The molecule has 0 saturated carbocycles. The number of benzene rings is 1. The van der Waals surface area contributed by atoms with Gasteiger partial charge in [-0.15, -0.1) is 0 Å². The maximum absolute atomic E-state index is 11.8. The molecular formula is C13H15N3O4S. The number of nitrogens with two attached hydrogens (primary N) is 1. The molecule has 8 heteroatoms. The lowest BCUT2D eigenvalue weighted by Gasteiger charge is -2.08. The number of nitrogens with one attached hydrogen (secondary N) is 1. The largest absolute Gasteiger partial charge is 0.328 e. The van der Waals surface area contributed by atoms with Crippen LogP contribution in [-0.4, -0.2) is 18.0 Å². The summed E-state index contributed by atoms with van der Waals surface area (Å²) in [6.45, 7) is 3.98. The molecule has 1 aromatic carbocycles. The number of aryl methyl sites for hydroxylation is 2. The first-order valence-electron chi connectivity index (χ1n) is 6.10. The van der Waals surface area contributed by atoms with E-state index < -0.39 is 26.2 Å². The Kier molecular flexibility index (Phi) is 3.84. The van der Waals surface area contributed by atoms with E-state index in [-0.39, 0.29) is 6.54 Å². The van der Waals surface area contributed by atoms with Crippen molar-refractivity contribution < 1.29 is 8.42 Å². The molecule has 0 aliphatic rings. The van der Waals surface area contributed by atoms with Gasteiger partial charge in [0.2, 0.25) is 10.0 Å². The van der Waals surface area contributed by atoms with Crippen LogP contribution in [-0.2, 0) is 16.6 Å². The summed E-state index contributed by atoms with van der Waals surface area (Å²) in [5, 5.41) is 4.96. The molecular weight excluding hydrogens is 294 g/mol. The summed E-state index contributed by atoms with van der Waals surface area (Å²) in [6, 6.07) is 5.73. The van der Waals surface area contributed by atoms with E-state index in [4.69, 9.17) is 5.14 Å². The van der Waals surface area contributed by atoms with E-state index in [0.29, 0.717) is 0 Å². The van der Waals surface area contributed by atoms with Crippen LogP contribution in [0.4, 0.5) is 0 Å². The molecule has 0 atom stereocenters. The highest BCUT2D eigenvalue weighted by Crippen LogP contribution is 2.10. The van der Waals surface area contributed by atoms with E-state index in [0.717, 1.165) is 27.5 Å². The van der Waals surface area contributed by atoms with Gasteiger partial charge >= 0.3 is 5.69 Å². The lowest BCUT2D eigenvalue weighted by atomic mass is 10.1. The molecule has 0 aliphatic heterocycles. The third kappa shape index (κ3) is 3.47. The molecule has 0 bridgehead atoms. The zero-order chi connectivity index (χ0) is 15.8. The molecule has 0 spiro atoms. The van der Waals surface area contributed by atoms with Gasteiger partial charge in [-0.1, -0.05) is 29.3 Å². The van der Waals surface area contributed by atoms with Gasteiger partial charge in [-0.05, 0) is 19.4 Å².